The number of aryl methyl sites for hydroxylation is 1. The van der Waals surface area contributed by atoms with Gasteiger partial charge in [-0.3, -0.25) is 0 Å². The van der Waals surface area contributed by atoms with Crippen molar-refractivity contribution in [1.82, 2.24) is 9.97 Å². The van der Waals surface area contributed by atoms with Gasteiger partial charge >= 0.3 is 5.97 Å². The molecule has 0 bridgehead atoms. The van der Waals surface area contributed by atoms with Gasteiger partial charge in [0.15, 0.2) is 5.69 Å². The van der Waals surface area contributed by atoms with Crippen LogP contribution in [0.4, 0.5) is 0 Å². The third-order valence-electron chi connectivity index (χ3n) is 1.24. The van der Waals surface area contributed by atoms with E-state index in [9.17, 15) is 4.79 Å². The number of rotatable bonds is 2. The molecule has 4 nitrogen and oxygen atoms in total. The van der Waals surface area contributed by atoms with Crippen molar-refractivity contribution < 1.29 is 9.90 Å². The summed E-state index contributed by atoms with van der Waals surface area (Å²) in [5.74, 6) is -0.452. The Morgan fingerprint density at radius 3 is 3.00 bits per heavy atom. The van der Waals surface area contributed by atoms with Crippen molar-refractivity contribution in [3.63, 3.8) is 0 Å². The fraction of sp³-hybridized carbons (Fsp3) is 0.286. The third-order valence-corrected chi connectivity index (χ3v) is 1.24. The van der Waals surface area contributed by atoms with Crippen molar-refractivity contribution in [2.24, 2.45) is 0 Å². The van der Waals surface area contributed by atoms with Gasteiger partial charge in [0.1, 0.15) is 5.82 Å². The molecule has 0 saturated heterocycles. The molecule has 0 spiro atoms. The predicted molar refractivity (Wildman–Crippen MR) is 38.4 cm³/mol. The predicted octanol–water partition coefficient (Wildman–Crippen LogP) is 0.737. The second kappa shape index (κ2) is 3.09. The average molecular weight is 152 g/mol. The highest BCUT2D eigenvalue weighted by molar-refractivity contribution is 5.85. The third kappa shape index (κ3) is 1.73. The first-order valence-electron chi connectivity index (χ1n) is 3.29. The van der Waals surface area contributed by atoms with Crippen molar-refractivity contribution in [2.75, 3.05) is 0 Å². The first-order chi connectivity index (χ1) is 5.24. The van der Waals surface area contributed by atoms with E-state index in [2.05, 4.69) is 9.97 Å². The summed E-state index contributed by atoms with van der Waals surface area (Å²) in [5, 5.41) is 8.51. The standard InChI is InChI=1S/C7H8N2O2/c1-2-6-8-4-3-5(9-6)7(10)11/h3-4H,2H2,1H3,(H,10,11). The van der Waals surface area contributed by atoms with Gasteiger partial charge in [-0.05, 0) is 6.07 Å². The van der Waals surface area contributed by atoms with Crippen molar-refractivity contribution in [3.8, 4) is 0 Å². The molecule has 11 heavy (non-hydrogen) atoms. The Morgan fingerprint density at radius 1 is 1.73 bits per heavy atom. The summed E-state index contributed by atoms with van der Waals surface area (Å²) in [5.41, 5.74) is 0.0526. The normalized spacial score (nSPS) is 9.55. The van der Waals surface area contributed by atoms with E-state index in [4.69, 9.17) is 5.11 Å². The van der Waals surface area contributed by atoms with E-state index in [0.29, 0.717) is 12.2 Å². The monoisotopic (exact) mass is 152 g/mol. The number of carbonyl (C=O) groups is 1. The molecule has 0 radical (unpaired) electrons. The van der Waals surface area contributed by atoms with Crippen LogP contribution in [0.1, 0.15) is 23.2 Å². The molecular weight excluding hydrogens is 144 g/mol. The van der Waals surface area contributed by atoms with Gasteiger partial charge in [-0.1, -0.05) is 6.92 Å². The van der Waals surface area contributed by atoms with Gasteiger partial charge in [-0.25, -0.2) is 14.8 Å². The van der Waals surface area contributed by atoms with E-state index in [1.807, 2.05) is 6.92 Å². The minimum atomic E-state index is -1.01. The lowest BCUT2D eigenvalue weighted by molar-refractivity contribution is 0.0690. The first kappa shape index (κ1) is 7.65. The Balaban J connectivity index is 3.01. The second-order valence-electron chi connectivity index (χ2n) is 2.02. The summed E-state index contributed by atoms with van der Waals surface area (Å²) in [6.07, 6.45) is 2.11. The van der Waals surface area contributed by atoms with Gasteiger partial charge in [0, 0.05) is 12.6 Å². The molecule has 0 unspecified atom stereocenters. The van der Waals surface area contributed by atoms with Crippen molar-refractivity contribution in [2.45, 2.75) is 13.3 Å². The van der Waals surface area contributed by atoms with Crippen LogP contribution in [0.15, 0.2) is 12.3 Å². The average Bonchev–Trinajstić information content (AvgIpc) is 2.05. The Morgan fingerprint density at radius 2 is 2.45 bits per heavy atom. The molecule has 58 valence electrons. The summed E-state index contributed by atoms with van der Waals surface area (Å²) in [7, 11) is 0. The molecule has 0 atom stereocenters. The lowest BCUT2D eigenvalue weighted by Gasteiger charge is -1.95. The molecule has 1 rings (SSSR count). The van der Waals surface area contributed by atoms with Crippen LogP contribution < -0.4 is 0 Å². The minimum absolute atomic E-state index is 0.0526. The van der Waals surface area contributed by atoms with Crippen molar-refractivity contribution >= 4 is 5.97 Å². The zero-order chi connectivity index (χ0) is 8.27. The summed E-state index contributed by atoms with van der Waals surface area (Å²) in [6.45, 7) is 1.88. The molecule has 1 heterocycles. The quantitative estimate of drug-likeness (QED) is 0.678. The molecule has 0 aliphatic heterocycles. The number of aromatic carboxylic acids is 1. The van der Waals surface area contributed by atoms with E-state index in [0.717, 1.165) is 0 Å². The first-order valence-corrected chi connectivity index (χ1v) is 3.29. The van der Waals surface area contributed by atoms with E-state index in [1.165, 1.54) is 12.3 Å². The lowest BCUT2D eigenvalue weighted by Crippen LogP contribution is -2.03. The van der Waals surface area contributed by atoms with E-state index >= 15 is 0 Å². The molecule has 0 aliphatic carbocycles. The Kier molecular flexibility index (Phi) is 2.15. The molecule has 0 aliphatic rings. The Hall–Kier alpha value is -1.45. The van der Waals surface area contributed by atoms with Crippen LogP contribution in [-0.4, -0.2) is 21.0 Å². The molecule has 1 aromatic heterocycles. The van der Waals surface area contributed by atoms with Crippen molar-refractivity contribution in [1.29, 1.82) is 0 Å². The number of hydrogen-bond donors (Lipinski definition) is 1. The molecule has 4 heteroatoms. The highest BCUT2D eigenvalue weighted by Crippen LogP contribution is 1.95. The van der Waals surface area contributed by atoms with Crippen LogP contribution >= 0.6 is 0 Å². The maximum absolute atomic E-state index is 10.4. The topological polar surface area (TPSA) is 63.1 Å². The summed E-state index contributed by atoms with van der Waals surface area (Å²) in [4.78, 5) is 18.0. The van der Waals surface area contributed by atoms with E-state index in [1.54, 1.807) is 0 Å². The molecule has 0 fully saturated rings. The summed E-state index contributed by atoms with van der Waals surface area (Å²) < 4.78 is 0. The van der Waals surface area contributed by atoms with Gasteiger partial charge in [0.2, 0.25) is 0 Å². The van der Waals surface area contributed by atoms with E-state index in [-0.39, 0.29) is 5.69 Å². The number of nitrogens with zero attached hydrogens (tertiary/aromatic N) is 2. The SMILES string of the molecule is CCc1nccc(C(=O)O)n1. The maximum atomic E-state index is 10.4. The second-order valence-corrected chi connectivity index (χ2v) is 2.02. The zero-order valence-electron chi connectivity index (χ0n) is 6.11. The van der Waals surface area contributed by atoms with Crippen LogP contribution in [0.3, 0.4) is 0 Å². The molecule has 1 N–H and O–H groups in total. The number of carboxylic acid groups (broad SMARTS) is 1. The number of carboxylic acids is 1. The fourth-order valence-corrected chi connectivity index (χ4v) is 0.689. The van der Waals surface area contributed by atoms with Gasteiger partial charge in [-0.2, -0.15) is 0 Å². The van der Waals surface area contributed by atoms with Crippen LogP contribution in [0.25, 0.3) is 0 Å². The lowest BCUT2D eigenvalue weighted by atomic mass is 10.4. The zero-order valence-corrected chi connectivity index (χ0v) is 6.11. The van der Waals surface area contributed by atoms with Gasteiger partial charge in [0.25, 0.3) is 0 Å². The molecule has 0 aromatic carbocycles. The molecular formula is C7H8N2O2. The summed E-state index contributed by atoms with van der Waals surface area (Å²) in [6, 6.07) is 1.38. The van der Waals surface area contributed by atoms with Crippen LogP contribution in [0.5, 0.6) is 0 Å². The van der Waals surface area contributed by atoms with Crippen LogP contribution in [0.2, 0.25) is 0 Å². The minimum Gasteiger partial charge on any atom is -0.477 e. The van der Waals surface area contributed by atoms with Gasteiger partial charge in [0.05, 0.1) is 0 Å². The molecule has 0 saturated carbocycles. The highest BCUT2D eigenvalue weighted by atomic mass is 16.4. The largest absolute Gasteiger partial charge is 0.477 e. The number of hydrogen-bond acceptors (Lipinski definition) is 3. The number of aromatic nitrogens is 2. The summed E-state index contributed by atoms with van der Waals surface area (Å²) >= 11 is 0. The molecule has 0 amide bonds. The smallest absolute Gasteiger partial charge is 0.354 e. The Bertz CT molecular complexity index is 273. The van der Waals surface area contributed by atoms with Crippen LogP contribution in [0, 0.1) is 0 Å². The fourth-order valence-electron chi connectivity index (χ4n) is 0.689. The van der Waals surface area contributed by atoms with Gasteiger partial charge in [-0.15, -0.1) is 0 Å². The molecule has 1 aromatic rings. The highest BCUT2D eigenvalue weighted by Gasteiger charge is 2.03. The Labute approximate surface area is 63.9 Å². The van der Waals surface area contributed by atoms with Gasteiger partial charge < -0.3 is 5.11 Å². The van der Waals surface area contributed by atoms with Crippen LogP contribution in [-0.2, 0) is 6.42 Å². The van der Waals surface area contributed by atoms with E-state index < -0.39 is 5.97 Å². The van der Waals surface area contributed by atoms with Crippen molar-refractivity contribution in [3.05, 3.63) is 23.8 Å². The maximum Gasteiger partial charge on any atom is 0.354 e.